The predicted octanol–water partition coefficient (Wildman–Crippen LogP) is 4.65. The van der Waals surface area contributed by atoms with E-state index in [4.69, 9.17) is 11.6 Å². The second-order valence-corrected chi connectivity index (χ2v) is 6.72. The van der Waals surface area contributed by atoms with Gasteiger partial charge in [0.15, 0.2) is 0 Å². The summed E-state index contributed by atoms with van der Waals surface area (Å²) in [6.07, 6.45) is -5.04. The van der Waals surface area contributed by atoms with Crippen LogP contribution in [-0.2, 0) is 16.0 Å². The lowest BCUT2D eigenvalue weighted by Gasteiger charge is -2.09. The molecule has 11 heteroatoms. The van der Waals surface area contributed by atoms with Crippen LogP contribution in [0.5, 0.6) is 0 Å². The molecule has 1 aromatic heterocycles. The molecular weight excluding hydrogens is 372 g/mol. The maximum Gasteiger partial charge on any atom is 0.501 e. The zero-order valence-electron chi connectivity index (χ0n) is 10.8. The number of hydrogen-bond donors (Lipinski definition) is 1. The van der Waals surface area contributed by atoms with E-state index in [2.05, 4.69) is 0 Å². The maximum absolute atomic E-state index is 12.7. The molecule has 0 aliphatic rings. The Morgan fingerprint density at radius 3 is 1.91 bits per heavy atom. The van der Waals surface area contributed by atoms with Crippen LogP contribution in [0.15, 0.2) is 35.2 Å². The Morgan fingerprint density at radius 2 is 1.48 bits per heavy atom. The summed E-state index contributed by atoms with van der Waals surface area (Å²) in [6, 6.07) is 4.53. The van der Waals surface area contributed by atoms with Crippen molar-refractivity contribution in [3.63, 3.8) is 0 Å². The molecule has 2 aromatic rings. The van der Waals surface area contributed by atoms with Gasteiger partial charge in [0.1, 0.15) is 10.6 Å². The monoisotopic (exact) mass is 377 g/mol. The predicted molar refractivity (Wildman–Crippen MR) is 69.5 cm³/mol. The number of H-pyrrole nitrogens is 1. The zero-order chi connectivity index (χ0) is 17.6. The van der Waals surface area contributed by atoms with E-state index in [1.54, 1.807) is 4.98 Å². The van der Waals surface area contributed by atoms with E-state index < -0.39 is 37.8 Å². The van der Waals surface area contributed by atoms with Crippen molar-refractivity contribution < 1.29 is 34.8 Å². The van der Waals surface area contributed by atoms with Crippen LogP contribution in [-0.4, -0.2) is 18.9 Å². The van der Waals surface area contributed by atoms with Gasteiger partial charge in [0, 0.05) is 5.02 Å². The summed E-state index contributed by atoms with van der Waals surface area (Å²) in [7, 11) is -5.97. The van der Waals surface area contributed by atoms with Crippen LogP contribution in [0.4, 0.5) is 26.3 Å². The van der Waals surface area contributed by atoms with Crippen molar-refractivity contribution >= 4 is 21.4 Å². The fourth-order valence-corrected chi connectivity index (χ4v) is 2.84. The molecule has 0 fully saturated rings. The Balaban J connectivity index is 2.75. The van der Waals surface area contributed by atoms with Gasteiger partial charge in [-0.3, -0.25) is 0 Å². The first-order chi connectivity index (χ1) is 10.3. The first kappa shape index (κ1) is 17.7. The van der Waals surface area contributed by atoms with Crippen LogP contribution in [0.1, 0.15) is 5.69 Å². The lowest BCUT2D eigenvalue weighted by molar-refractivity contribution is -0.140. The largest absolute Gasteiger partial charge is 0.501 e. The van der Waals surface area contributed by atoms with Crippen LogP contribution >= 0.6 is 11.6 Å². The van der Waals surface area contributed by atoms with Crippen molar-refractivity contribution in [2.75, 3.05) is 0 Å². The van der Waals surface area contributed by atoms with Gasteiger partial charge in [-0.2, -0.15) is 26.3 Å². The van der Waals surface area contributed by atoms with Crippen LogP contribution in [0, 0.1) is 0 Å². The number of nitrogens with one attached hydrogen (secondary N) is 1. The number of aromatic nitrogens is 1. The number of alkyl halides is 6. The van der Waals surface area contributed by atoms with Crippen LogP contribution in [0.25, 0.3) is 11.3 Å². The number of benzene rings is 1. The maximum atomic E-state index is 12.7. The molecule has 0 aliphatic carbocycles. The average molecular weight is 378 g/mol. The minimum absolute atomic E-state index is 0.0766. The van der Waals surface area contributed by atoms with E-state index in [0.29, 0.717) is 0 Å². The van der Waals surface area contributed by atoms with E-state index in [9.17, 15) is 34.8 Å². The molecule has 126 valence electrons. The third-order valence-corrected chi connectivity index (χ3v) is 4.58. The molecule has 0 bridgehead atoms. The fourth-order valence-electron chi connectivity index (χ4n) is 1.76. The van der Waals surface area contributed by atoms with Crippen molar-refractivity contribution in [3.8, 4) is 11.3 Å². The van der Waals surface area contributed by atoms with Gasteiger partial charge in [-0.15, -0.1) is 0 Å². The highest BCUT2D eigenvalue weighted by Crippen LogP contribution is 2.40. The van der Waals surface area contributed by atoms with E-state index >= 15 is 0 Å². The molecule has 0 unspecified atom stereocenters. The number of hydrogen-bond acceptors (Lipinski definition) is 2. The molecule has 23 heavy (non-hydrogen) atoms. The van der Waals surface area contributed by atoms with Crippen molar-refractivity contribution in [3.05, 3.63) is 41.0 Å². The second kappa shape index (κ2) is 5.45. The highest BCUT2D eigenvalue weighted by molar-refractivity contribution is 7.92. The molecule has 0 amide bonds. The minimum atomic E-state index is -5.97. The van der Waals surface area contributed by atoms with Gasteiger partial charge in [0.05, 0.1) is 5.69 Å². The van der Waals surface area contributed by atoms with Gasteiger partial charge in [-0.1, -0.05) is 23.7 Å². The van der Waals surface area contributed by atoms with E-state index in [1.165, 1.54) is 12.1 Å². The summed E-state index contributed by atoms with van der Waals surface area (Å²) in [5.74, 6) is 0. The summed E-state index contributed by atoms with van der Waals surface area (Å²) in [5.41, 5.74) is -8.34. The van der Waals surface area contributed by atoms with E-state index in [1.807, 2.05) is 0 Å². The lowest BCUT2D eigenvalue weighted by atomic mass is 10.2. The Kier molecular flexibility index (Phi) is 4.18. The smallest absolute Gasteiger partial charge is 0.350 e. The first-order valence-corrected chi connectivity index (χ1v) is 7.57. The van der Waals surface area contributed by atoms with Crippen molar-refractivity contribution in [2.24, 2.45) is 0 Å². The third kappa shape index (κ3) is 3.32. The molecule has 0 radical (unpaired) electrons. The Bertz CT molecular complexity index is 821. The molecule has 2 rings (SSSR count). The number of halogens is 7. The van der Waals surface area contributed by atoms with Gasteiger partial charge in [-0.25, -0.2) is 8.42 Å². The van der Waals surface area contributed by atoms with Gasteiger partial charge in [-0.05, 0) is 23.8 Å². The fraction of sp³-hybridized carbons (Fsp3) is 0.167. The summed E-state index contributed by atoms with van der Waals surface area (Å²) >= 11 is 5.59. The highest BCUT2D eigenvalue weighted by atomic mass is 35.5. The van der Waals surface area contributed by atoms with Crippen LogP contribution < -0.4 is 0 Å². The molecule has 3 nitrogen and oxygen atoms in total. The first-order valence-electron chi connectivity index (χ1n) is 5.71. The summed E-state index contributed by atoms with van der Waals surface area (Å²) in [4.78, 5) is 0.188. The number of sulfone groups is 1. The Labute approximate surface area is 130 Å². The average Bonchev–Trinajstić information content (AvgIpc) is 2.83. The van der Waals surface area contributed by atoms with Crippen molar-refractivity contribution in [1.82, 2.24) is 4.98 Å². The molecule has 0 saturated heterocycles. The zero-order valence-corrected chi connectivity index (χ0v) is 12.3. The molecule has 0 saturated carbocycles. The standard InChI is InChI=1S/C12H6ClF6NO2S/c13-7-3-1-6(2-4-7)10-8(23(21,22)12(17,18)19)5-9(20-10)11(14,15)16/h1-5,20H. The van der Waals surface area contributed by atoms with Gasteiger partial charge in [0.25, 0.3) is 9.84 Å². The number of rotatable bonds is 2. The van der Waals surface area contributed by atoms with Crippen molar-refractivity contribution in [2.45, 2.75) is 16.6 Å². The quantitative estimate of drug-likeness (QED) is 0.775. The van der Waals surface area contributed by atoms with Gasteiger partial charge >= 0.3 is 11.7 Å². The molecule has 0 atom stereocenters. The number of aromatic amines is 1. The third-order valence-electron chi connectivity index (χ3n) is 2.81. The SMILES string of the molecule is O=S(=O)(c1cc(C(F)(F)F)[nH]c1-c1ccc(Cl)cc1)C(F)(F)F. The van der Waals surface area contributed by atoms with Gasteiger partial charge < -0.3 is 4.98 Å². The van der Waals surface area contributed by atoms with Crippen LogP contribution in [0.2, 0.25) is 5.02 Å². The summed E-state index contributed by atoms with van der Waals surface area (Å²) in [6.45, 7) is 0. The highest BCUT2D eigenvalue weighted by Gasteiger charge is 2.49. The van der Waals surface area contributed by atoms with E-state index in [0.717, 1.165) is 12.1 Å². The molecule has 0 aliphatic heterocycles. The Morgan fingerprint density at radius 1 is 0.957 bits per heavy atom. The molecule has 1 heterocycles. The Hall–Kier alpha value is -1.68. The molecular formula is C12H6ClF6NO2S. The lowest BCUT2D eigenvalue weighted by Crippen LogP contribution is -2.23. The van der Waals surface area contributed by atoms with Crippen molar-refractivity contribution in [1.29, 1.82) is 0 Å². The summed E-state index contributed by atoms with van der Waals surface area (Å²) in [5, 5.41) is 0.177. The molecule has 1 N–H and O–H groups in total. The van der Waals surface area contributed by atoms with Gasteiger partial charge in [0.2, 0.25) is 0 Å². The normalized spacial score (nSPS) is 13.3. The van der Waals surface area contributed by atoms with E-state index in [-0.39, 0.29) is 16.7 Å². The topological polar surface area (TPSA) is 49.9 Å². The molecule has 0 spiro atoms. The van der Waals surface area contributed by atoms with Crippen LogP contribution in [0.3, 0.4) is 0 Å². The second-order valence-electron chi connectivity index (χ2n) is 4.38. The summed E-state index contributed by atoms with van der Waals surface area (Å²) < 4.78 is 99.2. The minimum Gasteiger partial charge on any atom is -0.350 e. The molecule has 1 aromatic carbocycles.